The summed E-state index contributed by atoms with van der Waals surface area (Å²) >= 11 is 0. The molecule has 3 heteroatoms. The molecule has 0 fully saturated rings. The summed E-state index contributed by atoms with van der Waals surface area (Å²) in [6, 6.07) is 0. The molecule has 0 saturated carbocycles. The Bertz CT molecular complexity index is 757. The molecule has 1 aromatic carbocycles. The lowest BCUT2D eigenvalue weighted by Crippen LogP contribution is -2.37. The van der Waals surface area contributed by atoms with Crippen LogP contribution in [0.4, 0.5) is 0 Å². The summed E-state index contributed by atoms with van der Waals surface area (Å²) in [6.45, 7) is 19.5. The third kappa shape index (κ3) is 8.47. The van der Waals surface area contributed by atoms with Gasteiger partial charge >= 0.3 is 0 Å². The van der Waals surface area contributed by atoms with Gasteiger partial charge in [-0.15, -0.1) is 0 Å². The van der Waals surface area contributed by atoms with E-state index in [4.69, 9.17) is 15.2 Å². The highest BCUT2D eigenvalue weighted by atomic mass is 16.5. The van der Waals surface area contributed by atoms with E-state index in [1.54, 1.807) is 0 Å². The highest BCUT2D eigenvalue weighted by Crippen LogP contribution is 2.45. The van der Waals surface area contributed by atoms with Gasteiger partial charge in [-0.25, -0.2) is 0 Å². The highest BCUT2D eigenvalue weighted by Gasteiger charge is 2.34. The van der Waals surface area contributed by atoms with Crippen molar-refractivity contribution in [2.75, 3.05) is 13.2 Å². The van der Waals surface area contributed by atoms with E-state index in [1.165, 1.54) is 73.6 Å². The SMILES string of the molecule is Cc1c(C)c2c(c(C)c1OCCN)CCC(C)(CCCC(C)CCCC(C)CCCC(C)C)O2. The van der Waals surface area contributed by atoms with Crippen molar-refractivity contribution in [1.29, 1.82) is 0 Å². The van der Waals surface area contributed by atoms with Gasteiger partial charge in [-0.2, -0.15) is 0 Å². The standard InChI is InChI=1S/C31H55NO2/c1-22(2)12-9-13-23(3)14-10-15-24(4)16-11-18-31(8)19-17-28-27(7)29(33-21-20-32)25(5)26(6)30(28)34-31/h22-24H,9-21,32H2,1-8H3. The molecule has 1 aromatic rings. The molecule has 3 atom stereocenters. The van der Waals surface area contributed by atoms with Gasteiger partial charge in [0, 0.05) is 12.1 Å². The van der Waals surface area contributed by atoms with Gasteiger partial charge in [-0.1, -0.05) is 72.6 Å². The summed E-state index contributed by atoms with van der Waals surface area (Å²) in [5, 5.41) is 0. The van der Waals surface area contributed by atoms with Crippen LogP contribution < -0.4 is 15.2 Å². The maximum absolute atomic E-state index is 6.74. The first-order valence-electron chi connectivity index (χ1n) is 14.2. The lowest BCUT2D eigenvalue weighted by atomic mass is 9.83. The summed E-state index contributed by atoms with van der Waals surface area (Å²) in [6.07, 6.45) is 14.2. The van der Waals surface area contributed by atoms with Crippen molar-refractivity contribution in [1.82, 2.24) is 0 Å². The van der Waals surface area contributed by atoms with Gasteiger partial charge < -0.3 is 15.2 Å². The van der Waals surface area contributed by atoms with Crippen LogP contribution in [-0.2, 0) is 6.42 Å². The Labute approximate surface area is 211 Å². The van der Waals surface area contributed by atoms with E-state index in [9.17, 15) is 0 Å². The van der Waals surface area contributed by atoms with Crippen molar-refractivity contribution < 1.29 is 9.47 Å². The molecular weight excluding hydrogens is 418 g/mol. The zero-order chi connectivity index (χ0) is 25.3. The Morgan fingerprint density at radius 2 is 1.44 bits per heavy atom. The Balaban J connectivity index is 1.80. The van der Waals surface area contributed by atoms with Crippen molar-refractivity contribution in [3.8, 4) is 11.5 Å². The fourth-order valence-corrected chi connectivity index (χ4v) is 5.64. The van der Waals surface area contributed by atoms with E-state index in [-0.39, 0.29) is 5.60 Å². The zero-order valence-electron chi connectivity index (χ0n) is 23.8. The lowest BCUT2D eigenvalue weighted by molar-refractivity contribution is 0.0511. The van der Waals surface area contributed by atoms with Crippen LogP contribution in [0.25, 0.3) is 0 Å². The summed E-state index contributed by atoms with van der Waals surface area (Å²) in [7, 11) is 0. The average Bonchev–Trinajstić information content (AvgIpc) is 2.77. The first-order valence-corrected chi connectivity index (χ1v) is 14.2. The topological polar surface area (TPSA) is 44.5 Å². The molecule has 1 aliphatic heterocycles. The largest absolute Gasteiger partial charge is 0.492 e. The zero-order valence-corrected chi connectivity index (χ0v) is 23.8. The van der Waals surface area contributed by atoms with Crippen LogP contribution in [-0.4, -0.2) is 18.8 Å². The summed E-state index contributed by atoms with van der Waals surface area (Å²) in [5.41, 5.74) is 10.6. The molecule has 0 aliphatic carbocycles. The smallest absolute Gasteiger partial charge is 0.127 e. The number of rotatable bonds is 15. The van der Waals surface area contributed by atoms with Gasteiger partial charge in [0.15, 0.2) is 0 Å². The van der Waals surface area contributed by atoms with Gasteiger partial charge in [-0.05, 0) is 87.8 Å². The van der Waals surface area contributed by atoms with Crippen molar-refractivity contribution in [2.24, 2.45) is 23.5 Å². The van der Waals surface area contributed by atoms with E-state index in [0.717, 1.165) is 48.5 Å². The first kappa shape index (κ1) is 29.0. The Morgan fingerprint density at radius 3 is 2.03 bits per heavy atom. The number of hydrogen-bond acceptors (Lipinski definition) is 3. The molecule has 0 radical (unpaired) electrons. The number of hydrogen-bond donors (Lipinski definition) is 1. The Kier molecular flexibility index (Phi) is 11.7. The predicted molar refractivity (Wildman–Crippen MR) is 147 cm³/mol. The second-order valence-corrected chi connectivity index (χ2v) is 12.1. The minimum Gasteiger partial charge on any atom is -0.492 e. The second-order valence-electron chi connectivity index (χ2n) is 12.1. The van der Waals surface area contributed by atoms with E-state index in [0.29, 0.717) is 13.2 Å². The van der Waals surface area contributed by atoms with Crippen molar-refractivity contribution in [2.45, 2.75) is 132 Å². The van der Waals surface area contributed by atoms with Gasteiger partial charge in [-0.3, -0.25) is 0 Å². The third-order valence-electron chi connectivity index (χ3n) is 8.20. The van der Waals surface area contributed by atoms with Crippen LogP contribution in [0.3, 0.4) is 0 Å². The van der Waals surface area contributed by atoms with Gasteiger partial charge in [0.25, 0.3) is 0 Å². The molecule has 34 heavy (non-hydrogen) atoms. The van der Waals surface area contributed by atoms with Crippen LogP contribution in [0.2, 0.25) is 0 Å². The molecule has 3 nitrogen and oxygen atoms in total. The Morgan fingerprint density at radius 1 is 0.853 bits per heavy atom. The first-order chi connectivity index (χ1) is 16.1. The average molecular weight is 474 g/mol. The van der Waals surface area contributed by atoms with E-state index in [2.05, 4.69) is 55.4 Å². The van der Waals surface area contributed by atoms with Crippen molar-refractivity contribution in [3.05, 3.63) is 22.3 Å². The van der Waals surface area contributed by atoms with E-state index in [1.807, 2.05) is 0 Å². The molecule has 2 rings (SSSR count). The molecule has 0 bridgehead atoms. The highest BCUT2D eigenvalue weighted by molar-refractivity contribution is 5.59. The van der Waals surface area contributed by atoms with Crippen LogP contribution in [0, 0.1) is 38.5 Å². The molecule has 0 amide bonds. The molecule has 1 aliphatic rings. The summed E-state index contributed by atoms with van der Waals surface area (Å²) in [4.78, 5) is 0. The second kappa shape index (κ2) is 13.8. The molecule has 1 heterocycles. The molecule has 0 aromatic heterocycles. The fourth-order valence-electron chi connectivity index (χ4n) is 5.64. The van der Waals surface area contributed by atoms with Crippen LogP contribution >= 0.6 is 0 Å². The number of benzene rings is 1. The van der Waals surface area contributed by atoms with Crippen LogP contribution in [0.5, 0.6) is 11.5 Å². The van der Waals surface area contributed by atoms with Gasteiger partial charge in [0.2, 0.25) is 0 Å². The van der Waals surface area contributed by atoms with Crippen molar-refractivity contribution >= 4 is 0 Å². The molecule has 0 saturated heterocycles. The molecule has 196 valence electrons. The van der Waals surface area contributed by atoms with E-state index >= 15 is 0 Å². The fraction of sp³-hybridized carbons (Fsp3) is 0.806. The molecule has 2 N–H and O–H groups in total. The normalized spacial score (nSPS) is 19.6. The minimum atomic E-state index is -0.0546. The maximum Gasteiger partial charge on any atom is 0.127 e. The van der Waals surface area contributed by atoms with Gasteiger partial charge in [0.05, 0.1) is 0 Å². The Hall–Kier alpha value is -1.22. The number of nitrogens with two attached hydrogens (primary N) is 1. The molecule has 3 unspecified atom stereocenters. The maximum atomic E-state index is 6.74. The van der Waals surface area contributed by atoms with Crippen molar-refractivity contribution in [3.63, 3.8) is 0 Å². The summed E-state index contributed by atoms with van der Waals surface area (Å²) < 4.78 is 12.7. The minimum absolute atomic E-state index is 0.0546. The molecule has 0 spiro atoms. The van der Waals surface area contributed by atoms with Gasteiger partial charge in [0.1, 0.15) is 23.7 Å². The lowest BCUT2D eigenvalue weighted by Gasteiger charge is -2.38. The number of fused-ring (bicyclic) bond motifs is 1. The molecular formula is C31H55NO2. The van der Waals surface area contributed by atoms with Crippen LogP contribution in [0.1, 0.15) is 121 Å². The third-order valence-corrected chi connectivity index (χ3v) is 8.20. The van der Waals surface area contributed by atoms with Crippen LogP contribution in [0.15, 0.2) is 0 Å². The number of ether oxygens (including phenoxy) is 2. The quantitative estimate of drug-likeness (QED) is 0.278. The van der Waals surface area contributed by atoms with E-state index < -0.39 is 0 Å². The predicted octanol–water partition coefficient (Wildman–Crippen LogP) is 8.47. The monoisotopic (exact) mass is 473 g/mol. The summed E-state index contributed by atoms with van der Waals surface area (Å²) in [5.74, 6) is 4.67.